The molecule has 0 spiro atoms. The summed E-state index contributed by atoms with van der Waals surface area (Å²) < 4.78 is 18.4. The maximum Gasteiger partial charge on any atom is 0.204 e. The van der Waals surface area contributed by atoms with Gasteiger partial charge in [-0.15, -0.1) is 0 Å². The SMILES string of the molecule is CCn1ccnc1COc1c(OC)cc(CO)cc1OC. The molecule has 0 aliphatic rings. The number of aliphatic hydroxyl groups excluding tert-OH is 1. The van der Waals surface area contributed by atoms with Gasteiger partial charge >= 0.3 is 0 Å². The van der Waals surface area contributed by atoms with Crippen LogP contribution in [0.15, 0.2) is 24.5 Å². The highest BCUT2D eigenvalue weighted by Gasteiger charge is 2.15. The zero-order chi connectivity index (χ0) is 15.2. The molecule has 0 fully saturated rings. The number of ether oxygens (including phenoxy) is 3. The summed E-state index contributed by atoms with van der Waals surface area (Å²) in [7, 11) is 3.10. The van der Waals surface area contributed by atoms with Crippen molar-refractivity contribution in [1.82, 2.24) is 9.55 Å². The molecule has 6 heteroatoms. The second kappa shape index (κ2) is 6.99. The normalized spacial score (nSPS) is 10.5. The standard InChI is InChI=1S/C15H20N2O4/c1-4-17-6-5-16-14(17)10-21-15-12(19-2)7-11(9-18)8-13(15)20-3/h5-8,18H,4,9-10H2,1-3H3. The molecule has 0 saturated carbocycles. The molecule has 1 aromatic carbocycles. The Kier molecular flexibility index (Phi) is 5.05. The highest BCUT2D eigenvalue weighted by molar-refractivity contribution is 5.53. The Balaban J connectivity index is 2.26. The average molecular weight is 292 g/mol. The van der Waals surface area contributed by atoms with Crippen LogP contribution >= 0.6 is 0 Å². The molecular formula is C15H20N2O4. The molecule has 0 aliphatic carbocycles. The van der Waals surface area contributed by atoms with Crippen LogP contribution in [0.2, 0.25) is 0 Å². The van der Waals surface area contributed by atoms with Crippen LogP contribution in [0.4, 0.5) is 0 Å². The van der Waals surface area contributed by atoms with Crippen molar-refractivity contribution < 1.29 is 19.3 Å². The van der Waals surface area contributed by atoms with Crippen molar-refractivity contribution in [3.8, 4) is 17.2 Å². The van der Waals surface area contributed by atoms with Crippen LogP contribution in [0, 0.1) is 0 Å². The molecule has 6 nitrogen and oxygen atoms in total. The Hall–Kier alpha value is -2.21. The van der Waals surface area contributed by atoms with Gasteiger partial charge in [-0.1, -0.05) is 0 Å². The highest BCUT2D eigenvalue weighted by Crippen LogP contribution is 2.39. The Bertz CT molecular complexity index is 570. The van der Waals surface area contributed by atoms with E-state index in [1.165, 1.54) is 0 Å². The Morgan fingerprint density at radius 3 is 2.38 bits per heavy atom. The third kappa shape index (κ3) is 3.28. The fourth-order valence-corrected chi connectivity index (χ4v) is 2.07. The van der Waals surface area contributed by atoms with Gasteiger partial charge in [0.25, 0.3) is 0 Å². The number of rotatable bonds is 7. The first-order chi connectivity index (χ1) is 10.2. The van der Waals surface area contributed by atoms with Crippen LogP contribution in [0.5, 0.6) is 17.2 Å². The average Bonchev–Trinajstić information content (AvgIpc) is 2.99. The molecule has 1 aromatic heterocycles. The number of aryl methyl sites for hydroxylation is 1. The predicted molar refractivity (Wildman–Crippen MR) is 77.7 cm³/mol. The summed E-state index contributed by atoms with van der Waals surface area (Å²) in [5.41, 5.74) is 0.700. The first-order valence-corrected chi connectivity index (χ1v) is 6.72. The largest absolute Gasteiger partial charge is 0.493 e. The smallest absolute Gasteiger partial charge is 0.204 e. The van der Waals surface area contributed by atoms with Crippen molar-refractivity contribution in [3.63, 3.8) is 0 Å². The fraction of sp³-hybridized carbons (Fsp3) is 0.400. The number of aliphatic hydroxyl groups is 1. The van der Waals surface area contributed by atoms with Gasteiger partial charge in [-0.25, -0.2) is 4.98 Å². The lowest BCUT2D eigenvalue weighted by molar-refractivity contribution is 0.251. The molecule has 0 bridgehead atoms. The first-order valence-electron chi connectivity index (χ1n) is 6.72. The van der Waals surface area contributed by atoms with Gasteiger partial charge in [0.1, 0.15) is 12.4 Å². The van der Waals surface area contributed by atoms with E-state index >= 15 is 0 Å². The van der Waals surface area contributed by atoms with Gasteiger partial charge in [-0.2, -0.15) is 0 Å². The second-order valence-corrected chi connectivity index (χ2v) is 4.41. The number of methoxy groups -OCH3 is 2. The molecule has 114 valence electrons. The summed E-state index contributed by atoms with van der Waals surface area (Å²) in [6.45, 7) is 3.10. The third-order valence-corrected chi connectivity index (χ3v) is 3.19. The summed E-state index contributed by atoms with van der Waals surface area (Å²) in [4.78, 5) is 4.26. The van der Waals surface area contributed by atoms with Crippen LogP contribution in [0.3, 0.4) is 0 Å². The van der Waals surface area contributed by atoms with Gasteiger partial charge < -0.3 is 23.9 Å². The minimum atomic E-state index is -0.0900. The van der Waals surface area contributed by atoms with Crippen LogP contribution in [-0.4, -0.2) is 28.9 Å². The van der Waals surface area contributed by atoms with Crippen LogP contribution in [0.1, 0.15) is 18.3 Å². The monoisotopic (exact) mass is 292 g/mol. The molecule has 2 aromatic rings. The van der Waals surface area contributed by atoms with E-state index in [1.807, 2.05) is 17.7 Å². The van der Waals surface area contributed by atoms with Crippen LogP contribution in [-0.2, 0) is 19.8 Å². The molecule has 0 radical (unpaired) electrons. The minimum absolute atomic E-state index is 0.0900. The number of benzene rings is 1. The summed E-state index contributed by atoms with van der Waals surface area (Å²) in [6, 6.07) is 3.45. The van der Waals surface area contributed by atoms with E-state index in [2.05, 4.69) is 4.98 Å². The zero-order valence-corrected chi connectivity index (χ0v) is 12.5. The lowest BCUT2D eigenvalue weighted by Gasteiger charge is -2.15. The molecule has 0 unspecified atom stereocenters. The molecule has 0 aliphatic heterocycles. The van der Waals surface area contributed by atoms with Crippen molar-refractivity contribution in [1.29, 1.82) is 0 Å². The van der Waals surface area contributed by atoms with Crippen LogP contribution in [0.25, 0.3) is 0 Å². The molecule has 0 atom stereocenters. The van der Waals surface area contributed by atoms with Gasteiger partial charge in [-0.3, -0.25) is 0 Å². The molecule has 2 rings (SSSR count). The van der Waals surface area contributed by atoms with Gasteiger partial charge in [0.05, 0.1) is 20.8 Å². The quantitative estimate of drug-likeness (QED) is 0.845. The summed E-state index contributed by atoms with van der Waals surface area (Å²) in [5, 5.41) is 9.25. The van der Waals surface area contributed by atoms with Crippen LogP contribution < -0.4 is 14.2 Å². The van der Waals surface area contributed by atoms with Crippen molar-refractivity contribution in [3.05, 3.63) is 35.9 Å². The van der Waals surface area contributed by atoms with E-state index in [4.69, 9.17) is 14.2 Å². The molecule has 1 heterocycles. The van der Waals surface area contributed by atoms with E-state index in [0.29, 0.717) is 29.4 Å². The lowest BCUT2D eigenvalue weighted by atomic mass is 10.2. The third-order valence-electron chi connectivity index (χ3n) is 3.19. The first kappa shape index (κ1) is 15.2. The second-order valence-electron chi connectivity index (χ2n) is 4.41. The molecule has 21 heavy (non-hydrogen) atoms. The van der Waals surface area contributed by atoms with Gasteiger partial charge in [0, 0.05) is 18.9 Å². The van der Waals surface area contributed by atoms with E-state index in [9.17, 15) is 5.11 Å². The maximum absolute atomic E-state index is 9.25. The van der Waals surface area contributed by atoms with E-state index in [-0.39, 0.29) is 6.61 Å². The zero-order valence-electron chi connectivity index (χ0n) is 12.5. The Morgan fingerprint density at radius 2 is 1.86 bits per heavy atom. The van der Waals surface area contributed by atoms with Crippen molar-refractivity contribution in [2.24, 2.45) is 0 Å². The predicted octanol–water partition coefficient (Wildman–Crippen LogP) is 1.99. The molecule has 0 amide bonds. The van der Waals surface area contributed by atoms with E-state index in [1.54, 1.807) is 32.5 Å². The number of aromatic nitrogens is 2. The van der Waals surface area contributed by atoms with Gasteiger partial charge in [0.2, 0.25) is 5.75 Å². The van der Waals surface area contributed by atoms with Gasteiger partial charge in [-0.05, 0) is 24.6 Å². The molecule has 1 N–H and O–H groups in total. The topological polar surface area (TPSA) is 65.7 Å². The number of hydrogen-bond acceptors (Lipinski definition) is 5. The summed E-state index contributed by atoms with van der Waals surface area (Å²) in [5.74, 6) is 2.37. The number of imidazole rings is 1. The Labute approximate surface area is 123 Å². The maximum atomic E-state index is 9.25. The van der Waals surface area contributed by atoms with Crippen molar-refractivity contribution >= 4 is 0 Å². The lowest BCUT2D eigenvalue weighted by Crippen LogP contribution is -2.07. The fourth-order valence-electron chi connectivity index (χ4n) is 2.07. The summed E-state index contributed by atoms with van der Waals surface area (Å²) >= 11 is 0. The van der Waals surface area contributed by atoms with E-state index < -0.39 is 0 Å². The van der Waals surface area contributed by atoms with Gasteiger partial charge in [0.15, 0.2) is 11.5 Å². The number of hydrogen-bond donors (Lipinski definition) is 1. The number of nitrogens with zero attached hydrogens (tertiary/aromatic N) is 2. The highest BCUT2D eigenvalue weighted by atomic mass is 16.5. The van der Waals surface area contributed by atoms with Crippen molar-refractivity contribution in [2.75, 3.05) is 14.2 Å². The van der Waals surface area contributed by atoms with Crippen molar-refractivity contribution in [2.45, 2.75) is 26.7 Å². The minimum Gasteiger partial charge on any atom is -0.493 e. The molecule has 0 saturated heterocycles. The summed E-state index contributed by atoms with van der Waals surface area (Å²) in [6.07, 6.45) is 3.65. The molecular weight excluding hydrogens is 272 g/mol. The Morgan fingerprint density at radius 1 is 1.19 bits per heavy atom. The van der Waals surface area contributed by atoms with E-state index in [0.717, 1.165) is 12.4 Å².